The van der Waals surface area contributed by atoms with Crippen molar-refractivity contribution in [3.8, 4) is 0 Å². The molecule has 10 nitrogen and oxygen atoms in total. The average Bonchev–Trinajstić information content (AvgIpc) is 3.09. The van der Waals surface area contributed by atoms with E-state index < -0.39 is 22.1 Å². The zero-order valence-corrected chi connectivity index (χ0v) is 17.3. The molecular formula is C22H19N5O5. The van der Waals surface area contributed by atoms with Gasteiger partial charge in [0.1, 0.15) is 5.52 Å². The van der Waals surface area contributed by atoms with Crippen molar-refractivity contribution < 1.29 is 9.72 Å². The summed E-state index contributed by atoms with van der Waals surface area (Å²) in [6.07, 6.45) is 1.44. The predicted octanol–water partition coefficient (Wildman–Crippen LogP) is 2.55. The van der Waals surface area contributed by atoms with Gasteiger partial charge in [-0.05, 0) is 18.1 Å². The summed E-state index contributed by atoms with van der Waals surface area (Å²) in [6.45, 7) is 1.79. The SMILES string of the molecule is Cc1ccc([N+](=O)[O-])cc1NC(=O)c1cn(C)c2c(=O)n(Cc3ccccc3)c(=O)[nH]c12. The molecule has 0 fully saturated rings. The fourth-order valence-electron chi connectivity index (χ4n) is 3.54. The van der Waals surface area contributed by atoms with Gasteiger partial charge in [-0.2, -0.15) is 0 Å². The summed E-state index contributed by atoms with van der Waals surface area (Å²) in [7, 11) is 1.60. The van der Waals surface area contributed by atoms with E-state index in [-0.39, 0.29) is 34.5 Å². The summed E-state index contributed by atoms with van der Waals surface area (Å²) in [6, 6.07) is 13.2. The zero-order chi connectivity index (χ0) is 23.0. The molecular weight excluding hydrogens is 414 g/mol. The molecule has 10 heteroatoms. The van der Waals surface area contributed by atoms with Gasteiger partial charge in [-0.15, -0.1) is 0 Å². The van der Waals surface area contributed by atoms with Crippen LogP contribution < -0.4 is 16.6 Å². The monoisotopic (exact) mass is 433 g/mol. The van der Waals surface area contributed by atoms with Crippen molar-refractivity contribution in [2.45, 2.75) is 13.5 Å². The van der Waals surface area contributed by atoms with E-state index in [1.54, 1.807) is 26.1 Å². The number of non-ortho nitro benzene ring substituents is 1. The molecule has 0 aliphatic rings. The van der Waals surface area contributed by atoms with E-state index in [9.17, 15) is 24.5 Å². The number of amides is 1. The normalized spacial score (nSPS) is 10.9. The number of aromatic nitrogens is 3. The number of H-pyrrole nitrogens is 1. The number of carbonyl (C=O) groups excluding carboxylic acids is 1. The fourth-order valence-corrected chi connectivity index (χ4v) is 3.54. The fraction of sp³-hybridized carbons (Fsp3) is 0.136. The number of hydrogen-bond donors (Lipinski definition) is 2. The number of hydrogen-bond acceptors (Lipinski definition) is 5. The Kier molecular flexibility index (Phi) is 5.19. The van der Waals surface area contributed by atoms with Gasteiger partial charge in [-0.3, -0.25) is 24.3 Å². The molecule has 32 heavy (non-hydrogen) atoms. The summed E-state index contributed by atoms with van der Waals surface area (Å²) >= 11 is 0. The van der Waals surface area contributed by atoms with Crippen molar-refractivity contribution in [2.24, 2.45) is 7.05 Å². The maximum Gasteiger partial charge on any atom is 0.329 e. The number of aryl methyl sites for hydroxylation is 2. The van der Waals surface area contributed by atoms with Crippen molar-refractivity contribution in [1.29, 1.82) is 0 Å². The predicted molar refractivity (Wildman–Crippen MR) is 119 cm³/mol. The molecule has 4 rings (SSSR count). The van der Waals surface area contributed by atoms with Crippen LogP contribution in [0, 0.1) is 17.0 Å². The Morgan fingerprint density at radius 3 is 2.56 bits per heavy atom. The largest absolute Gasteiger partial charge is 0.344 e. The Morgan fingerprint density at radius 1 is 1.16 bits per heavy atom. The number of rotatable bonds is 5. The molecule has 4 aromatic rings. The number of anilines is 1. The topological polar surface area (TPSA) is 132 Å². The average molecular weight is 433 g/mol. The number of carbonyl (C=O) groups is 1. The quantitative estimate of drug-likeness (QED) is 0.369. The van der Waals surface area contributed by atoms with Crippen molar-refractivity contribution in [1.82, 2.24) is 14.1 Å². The van der Waals surface area contributed by atoms with E-state index in [1.807, 2.05) is 18.2 Å². The molecule has 2 heterocycles. The minimum atomic E-state index is -0.641. The molecule has 2 N–H and O–H groups in total. The molecule has 2 aromatic carbocycles. The van der Waals surface area contributed by atoms with Crippen molar-refractivity contribution >= 4 is 28.3 Å². The van der Waals surface area contributed by atoms with Gasteiger partial charge in [0.2, 0.25) is 0 Å². The smallest absolute Gasteiger partial charge is 0.329 e. The lowest BCUT2D eigenvalue weighted by molar-refractivity contribution is -0.384. The van der Waals surface area contributed by atoms with Crippen LogP contribution in [-0.2, 0) is 13.6 Å². The lowest BCUT2D eigenvalue weighted by Crippen LogP contribution is -2.36. The highest BCUT2D eigenvalue weighted by Gasteiger charge is 2.21. The van der Waals surface area contributed by atoms with Gasteiger partial charge >= 0.3 is 5.69 Å². The van der Waals surface area contributed by atoms with Gasteiger partial charge < -0.3 is 14.9 Å². The third-order valence-electron chi connectivity index (χ3n) is 5.21. The first kappa shape index (κ1) is 20.8. The highest BCUT2D eigenvalue weighted by molar-refractivity contribution is 6.12. The van der Waals surface area contributed by atoms with Crippen LogP contribution in [0.1, 0.15) is 21.5 Å². The number of nitrogens with one attached hydrogen (secondary N) is 2. The van der Waals surface area contributed by atoms with Crippen LogP contribution in [0.25, 0.3) is 11.0 Å². The third kappa shape index (κ3) is 3.69. The van der Waals surface area contributed by atoms with E-state index in [0.717, 1.165) is 10.1 Å². The van der Waals surface area contributed by atoms with Crippen LogP contribution in [0.2, 0.25) is 0 Å². The minimum Gasteiger partial charge on any atom is -0.344 e. The van der Waals surface area contributed by atoms with Crippen LogP contribution >= 0.6 is 0 Å². The van der Waals surface area contributed by atoms with Crippen LogP contribution in [0.4, 0.5) is 11.4 Å². The lowest BCUT2D eigenvalue weighted by atomic mass is 10.1. The summed E-state index contributed by atoms with van der Waals surface area (Å²) in [4.78, 5) is 51.8. The molecule has 0 unspecified atom stereocenters. The first-order chi connectivity index (χ1) is 15.3. The van der Waals surface area contributed by atoms with E-state index in [0.29, 0.717) is 5.56 Å². The highest BCUT2D eigenvalue weighted by atomic mass is 16.6. The molecule has 0 atom stereocenters. The van der Waals surface area contributed by atoms with E-state index >= 15 is 0 Å². The molecule has 0 saturated carbocycles. The van der Waals surface area contributed by atoms with E-state index in [2.05, 4.69) is 10.3 Å². The van der Waals surface area contributed by atoms with Gasteiger partial charge in [-0.25, -0.2) is 4.79 Å². The first-order valence-electron chi connectivity index (χ1n) is 9.68. The number of nitro benzene ring substituents is 1. The summed E-state index contributed by atoms with van der Waals surface area (Å²) in [5.74, 6) is -0.602. The van der Waals surface area contributed by atoms with Crippen LogP contribution in [0.5, 0.6) is 0 Å². The van der Waals surface area contributed by atoms with Crippen molar-refractivity contribution in [3.05, 3.63) is 102 Å². The number of nitro groups is 1. The molecule has 1 amide bonds. The Bertz CT molecular complexity index is 1480. The number of benzene rings is 2. The van der Waals surface area contributed by atoms with Crippen molar-refractivity contribution in [3.63, 3.8) is 0 Å². The number of nitrogens with zero attached hydrogens (tertiary/aromatic N) is 3. The van der Waals surface area contributed by atoms with Crippen LogP contribution in [0.15, 0.2) is 64.3 Å². The van der Waals surface area contributed by atoms with Gasteiger partial charge in [0, 0.05) is 25.4 Å². The molecule has 0 radical (unpaired) electrons. The standard InChI is InChI=1S/C22H19N5O5/c1-13-8-9-15(27(31)32)10-17(13)23-20(28)16-12-25(2)19-18(16)24-22(30)26(21(19)29)11-14-6-4-3-5-7-14/h3-10,12H,11H2,1-2H3,(H,23,28)(H,24,30). The maximum absolute atomic E-state index is 13.1. The molecule has 162 valence electrons. The Hall–Kier alpha value is -4.47. The summed E-state index contributed by atoms with van der Waals surface area (Å²) in [5.41, 5.74) is 0.694. The second kappa shape index (κ2) is 7.99. The zero-order valence-electron chi connectivity index (χ0n) is 17.3. The van der Waals surface area contributed by atoms with E-state index in [1.165, 1.54) is 29.0 Å². The minimum absolute atomic E-state index is 0.0782. The maximum atomic E-state index is 13.1. The van der Waals surface area contributed by atoms with Gasteiger partial charge in [0.05, 0.1) is 28.2 Å². The Morgan fingerprint density at radius 2 is 1.88 bits per heavy atom. The van der Waals surface area contributed by atoms with Crippen LogP contribution in [0.3, 0.4) is 0 Å². The Balaban J connectivity index is 1.76. The van der Waals surface area contributed by atoms with Gasteiger partial charge in [-0.1, -0.05) is 36.4 Å². The highest BCUT2D eigenvalue weighted by Crippen LogP contribution is 2.23. The Labute approximate surface area is 180 Å². The van der Waals surface area contributed by atoms with Gasteiger partial charge in [0.15, 0.2) is 0 Å². The molecule has 0 aliphatic heterocycles. The second-order valence-corrected chi connectivity index (χ2v) is 7.39. The first-order valence-corrected chi connectivity index (χ1v) is 9.68. The molecule has 0 saturated heterocycles. The van der Waals surface area contributed by atoms with E-state index in [4.69, 9.17) is 0 Å². The third-order valence-corrected chi connectivity index (χ3v) is 5.21. The molecule has 2 aromatic heterocycles. The second-order valence-electron chi connectivity index (χ2n) is 7.39. The lowest BCUT2D eigenvalue weighted by Gasteiger charge is -2.08. The number of fused-ring (bicyclic) bond motifs is 1. The molecule has 0 bridgehead atoms. The summed E-state index contributed by atoms with van der Waals surface area (Å²) in [5, 5.41) is 13.7. The van der Waals surface area contributed by atoms with Crippen molar-refractivity contribution in [2.75, 3.05) is 5.32 Å². The summed E-state index contributed by atoms with van der Waals surface area (Å²) < 4.78 is 2.55. The number of aromatic amines is 1. The van der Waals surface area contributed by atoms with Crippen LogP contribution in [-0.4, -0.2) is 24.9 Å². The van der Waals surface area contributed by atoms with Gasteiger partial charge in [0.25, 0.3) is 17.2 Å². The molecule has 0 spiro atoms. The molecule has 0 aliphatic carbocycles.